The van der Waals surface area contributed by atoms with Crippen LogP contribution >= 0.6 is 0 Å². The molecule has 0 aliphatic heterocycles. The monoisotopic (exact) mass is 283 g/mol. The fourth-order valence-electron chi connectivity index (χ4n) is 2.88. The lowest BCUT2D eigenvalue weighted by Crippen LogP contribution is -2.27. The minimum atomic E-state index is -0.406. The molecule has 2 unspecified atom stereocenters. The highest BCUT2D eigenvalue weighted by Gasteiger charge is 2.20. The van der Waals surface area contributed by atoms with Crippen molar-refractivity contribution in [3.05, 3.63) is 70.8 Å². The number of benzene rings is 2. The van der Waals surface area contributed by atoms with Crippen LogP contribution < -0.4 is 5.73 Å². The molecule has 2 nitrogen and oxygen atoms in total. The Morgan fingerprint density at radius 2 is 1.81 bits per heavy atom. The van der Waals surface area contributed by atoms with Crippen molar-refractivity contribution in [1.82, 2.24) is 0 Å². The van der Waals surface area contributed by atoms with Gasteiger partial charge in [-0.1, -0.05) is 54.1 Å². The van der Waals surface area contributed by atoms with Crippen LogP contribution in [0, 0.1) is 13.8 Å². The summed E-state index contributed by atoms with van der Waals surface area (Å²) in [6, 6.07) is 16.6. The van der Waals surface area contributed by atoms with Gasteiger partial charge in [-0.15, -0.1) is 0 Å². The molecule has 0 radical (unpaired) electrons. The molecule has 3 N–H and O–H groups in total. The summed E-state index contributed by atoms with van der Waals surface area (Å²) in [5.41, 5.74) is 10.8. The summed E-state index contributed by atoms with van der Waals surface area (Å²) >= 11 is 0. The van der Waals surface area contributed by atoms with Crippen LogP contribution in [-0.2, 0) is 6.42 Å². The molecule has 21 heavy (non-hydrogen) atoms. The standard InChI is InChI=1S/C19H25NO/c1-14-6-5-8-16(12-14)10-11-19(21)18(13-20)17-9-4-3-7-15(17)2/h3-9,12,18-19,21H,10-11,13,20H2,1-2H3. The molecule has 0 bridgehead atoms. The first-order valence-electron chi connectivity index (χ1n) is 7.61. The van der Waals surface area contributed by atoms with Crippen LogP contribution in [0.3, 0.4) is 0 Å². The summed E-state index contributed by atoms with van der Waals surface area (Å²) in [5, 5.41) is 10.5. The molecule has 112 valence electrons. The number of hydrogen-bond donors (Lipinski definition) is 2. The van der Waals surface area contributed by atoms with Crippen molar-refractivity contribution in [2.45, 2.75) is 38.7 Å². The molecule has 0 spiro atoms. The number of hydrogen-bond acceptors (Lipinski definition) is 2. The van der Waals surface area contributed by atoms with Crippen LogP contribution in [0.25, 0.3) is 0 Å². The summed E-state index contributed by atoms with van der Waals surface area (Å²) < 4.78 is 0. The van der Waals surface area contributed by atoms with Gasteiger partial charge in [0.05, 0.1) is 6.10 Å². The molecule has 0 aromatic heterocycles. The van der Waals surface area contributed by atoms with Crippen molar-refractivity contribution in [3.8, 4) is 0 Å². The van der Waals surface area contributed by atoms with E-state index < -0.39 is 6.10 Å². The quantitative estimate of drug-likeness (QED) is 0.854. The Morgan fingerprint density at radius 1 is 1.05 bits per heavy atom. The average molecular weight is 283 g/mol. The van der Waals surface area contributed by atoms with Gasteiger partial charge in [0.15, 0.2) is 0 Å². The Kier molecular flexibility index (Phi) is 5.54. The van der Waals surface area contributed by atoms with Crippen LogP contribution in [-0.4, -0.2) is 17.8 Å². The van der Waals surface area contributed by atoms with E-state index in [0.29, 0.717) is 6.54 Å². The number of aryl methyl sites for hydroxylation is 3. The number of aliphatic hydroxyl groups excluding tert-OH is 1. The second-order valence-electron chi connectivity index (χ2n) is 5.79. The SMILES string of the molecule is Cc1cccc(CCC(O)C(CN)c2ccccc2C)c1. The molecule has 2 atom stereocenters. The first-order chi connectivity index (χ1) is 10.1. The minimum absolute atomic E-state index is 0.0102. The van der Waals surface area contributed by atoms with Crippen molar-refractivity contribution < 1.29 is 5.11 Å². The zero-order valence-corrected chi connectivity index (χ0v) is 12.9. The van der Waals surface area contributed by atoms with Gasteiger partial charge in [-0.05, 0) is 43.4 Å². The summed E-state index contributed by atoms with van der Waals surface area (Å²) in [6.45, 7) is 4.64. The van der Waals surface area contributed by atoms with Crippen molar-refractivity contribution in [2.24, 2.45) is 5.73 Å². The topological polar surface area (TPSA) is 46.2 Å². The van der Waals surface area contributed by atoms with Crippen LogP contribution in [0.4, 0.5) is 0 Å². The van der Waals surface area contributed by atoms with E-state index in [4.69, 9.17) is 5.73 Å². The predicted octanol–water partition coefficient (Wildman–Crippen LogP) is 3.34. The van der Waals surface area contributed by atoms with Crippen molar-refractivity contribution in [1.29, 1.82) is 0 Å². The first-order valence-corrected chi connectivity index (χ1v) is 7.61. The van der Waals surface area contributed by atoms with Gasteiger partial charge >= 0.3 is 0 Å². The molecule has 0 aliphatic rings. The Morgan fingerprint density at radius 3 is 2.48 bits per heavy atom. The second-order valence-corrected chi connectivity index (χ2v) is 5.79. The van der Waals surface area contributed by atoms with E-state index in [1.54, 1.807) is 0 Å². The molecule has 2 aromatic rings. The predicted molar refractivity (Wildman–Crippen MR) is 88.5 cm³/mol. The lowest BCUT2D eigenvalue weighted by atomic mass is 9.87. The molecular formula is C19H25NO. The highest BCUT2D eigenvalue weighted by Crippen LogP contribution is 2.25. The molecule has 0 saturated heterocycles. The van der Waals surface area contributed by atoms with Crippen molar-refractivity contribution in [2.75, 3.05) is 6.54 Å². The third-order valence-corrected chi connectivity index (χ3v) is 4.12. The zero-order chi connectivity index (χ0) is 15.2. The van der Waals surface area contributed by atoms with Gasteiger partial charge in [0.1, 0.15) is 0 Å². The molecule has 0 amide bonds. The number of aliphatic hydroxyl groups is 1. The molecule has 0 fully saturated rings. The smallest absolute Gasteiger partial charge is 0.0624 e. The minimum Gasteiger partial charge on any atom is -0.392 e. The maximum absolute atomic E-state index is 10.5. The van der Waals surface area contributed by atoms with E-state index in [1.807, 2.05) is 12.1 Å². The molecular weight excluding hydrogens is 258 g/mol. The van der Waals surface area contributed by atoms with E-state index in [9.17, 15) is 5.11 Å². The zero-order valence-electron chi connectivity index (χ0n) is 12.9. The maximum atomic E-state index is 10.5. The summed E-state index contributed by atoms with van der Waals surface area (Å²) in [4.78, 5) is 0. The lowest BCUT2D eigenvalue weighted by molar-refractivity contribution is 0.136. The van der Waals surface area contributed by atoms with Gasteiger partial charge in [-0.25, -0.2) is 0 Å². The lowest BCUT2D eigenvalue weighted by Gasteiger charge is -2.23. The number of nitrogens with two attached hydrogens (primary N) is 1. The van der Waals surface area contributed by atoms with Crippen molar-refractivity contribution in [3.63, 3.8) is 0 Å². The molecule has 2 aromatic carbocycles. The molecule has 0 saturated carbocycles. The Hall–Kier alpha value is -1.64. The Labute approximate surface area is 127 Å². The van der Waals surface area contributed by atoms with E-state index >= 15 is 0 Å². The fourth-order valence-corrected chi connectivity index (χ4v) is 2.88. The largest absolute Gasteiger partial charge is 0.392 e. The van der Waals surface area contributed by atoms with Crippen LogP contribution in [0.5, 0.6) is 0 Å². The molecule has 0 heterocycles. The van der Waals surface area contributed by atoms with E-state index in [0.717, 1.165) is 18.4 Å². The highest BCUT2D eigenvalue weighted by molar-refractivity contribution is 5.30. The van der Waals surface area contributed by atoms with Crippen LogP contribution in [0.15, 0.2) is 48.5 Å². The third-order valence-electron chi connectivity index (χ3n) is 4.12. The summed E-state index contributed by atoms with van der Waals surface area (Å²) in [7, 11) is 0. The van der Waals surface area contributed by atoms with E-state index in [1.165, 1.54) is 16.7 Å². The maximum Gasteiger partial charge on any atom is 0.0624 e. The molecule has 2 rings (SSSR count). The first kappa shape index (κ1) is 15.7. The normalized spacial score (nSPS) is 13.9. The van der Waals surface area contributed by atoms with Crippen LogP contribution in [0.1, 0.15) is 34.6 Å². The Balaban J connectivity index is 2.04. The van der Waals surface area contributed by atoms with Gasteiger partial charge in [-0.2, -0.15) is 0 Å². The summed E-state index contributed by atoms with van der Waals surface area (Å²) in [5.74, 6) is 0.0102. The van der Waals surface area contributed by atoms with Crippen LogP contribution in [0.2, 0.25) is 0 Å². The number of rotatable bonds is 6. The van der Waals surface area contributed by atoms with Gasteiger partial charge in [0.2, 0.25) is 0 Å². The molecule has 0 aliphatic carbocycles. The van der Waals surface area contributed by atoms with Crippen molar-refractivity contribution >= 4 is 0 Å². The highest BCUT2D eigenvalue weighted by atomic mass is 16.3. The van der Waals surface area contributed by atoms with Gasteiger partial charge in [-0.3, -0.25) is 0 Å². The average Bonchev–Trinajstić information content (AvgIpc) is 2.48. The van der Waals surface area contributed by atoms with E-state index in [-0.39, 0.29) is 5.92 Å². The summed E-state index contributed by atoms with van der Waals surface area (Å²) in [6.07, 6.45) is 1.21. The van der Waals surface area contributed by atoms with Gasteiger partial charge in [0, 0.05) is 12.5 Å². The van der Waals surface area contributed by atoms with Gasteiger partial charge in [0.25, 0.3) is 0 Å². The fraction of sp³-hybridized carbons (Fsp3) is 0.368. The van der Waals surface area contributed by atoms with Gasteiger partial charge < -0.3 is 10.8 Å². The Bertz CT molecular complexity index is 579. The molecule has 2 heteroatoms. The second kappa shape index (κ2) is 7.39. The van der Waals surface area contributed by atoms with E-state index in [2.05, 4.69) is 50.2 Å². The third kappa shape index (κ3) is 4.16.